The fourth-order valence-corrected chi connectivity index (χ4v) is 3.65. The van der Waals surface area contributed by atoms with Crippen LogP contribution in [0.15, 0.2) is 90.2 Å². The number of halogens is 1. The van der Waals surface area contributed by atoms with Gasteiger partial charge in [-0.1, -0.05) is 66.2 Å². The number of hydrogen-bond acceptors (Lipinski definition) is 2. The Labute approximate surface area is 166 Å². The third kappa shape index (κ3) is 3.08. The molecule has 5 rings (SSSR count). The van der Waals surface area contributed by atoms with Crippen LogP contribution in [0, 0.1) is 0 Å². The van der Waals surface area contributed by atoms with E-state index in [1.807, 2.05) is 48.8 Å². The molecule has 2 aromatic heterocycles. The highest BCUT2D eigenvalue weighted by Crippen LogP contribution is 2.23. The molecule has 2 heterocycles. The number of nitrogens with zero attached hydrogens (tertiary/aromatic N) is 3. The average molecular weight is 385 g/mol. The number of rotatable bonds is 3. The van der Waals surface area contributed by atoms with E-state index in [1.165, 1.54) is 5.56 Å². The van der Waals surface area contributed by atoms with Crippen LogP contribution in [0.5, 0.6) is 0 Å². The van der Waals surface area contributed by atoms with Crippen LogP contribution in [0.4, 0.5) is 5.69 Å². The second kappa shape index (κ2) is 6.98. The standard InChI is InChI=1S/C23H17ClN4/c24-17-9-6-10-18(13-17)26-22-21-19-11-4-5-12-20(19)27-23(21)28(15-25-22)14-16-7-2-1-3-8-16/h1-13,15,27H,14H2. The van der Waals surface area contributed by atoms with Gasteiger partial charge in [-0.25, -0.2) is 9.98 Å². The first-order valence-electron chi connectivity index (χ1n) is 9.08. The molecule has 0 bridgehead atoms. The minimum Gasteiger partial charge on any atom is -0.340 e. The zero-order valence-corrected chi connectivity index (χ0v) is 15.8. The Kier molecular flexibility index (Phi) is 4.18. The summed E-state index contributed by atoms with van der Waals surface area (Å²) in [6.45, 7) is 0.731. The van der Waals surface area contributed by atoms with Gasteiger partial charge in [0.15, 0.2) is 5.49 Å². The van der Waals surface area contributed by atoms with Crippen molar-refractivity contribution in [1.82, 2.24) is 14.5 Å². The predicted octanol–water partition coefficient (Wildman–Crippen LogP) is 5.45. The lowest BCUT2D eigenvalue weighted by Crippen LogP contribution is -2.14. The number of para-hydroxylation sites is 1. The Morgan fingerprint density at radius 1 is 0.929 bits per heavy atom. The molecule has 0 amide bonds. The summed E-state index contributed by atoms with van der Waals surface area (Å²) >= 11 is 6.13. The summed E-state index contributed by atoms with van der Waals surface area (Å²) in [6, 6.07) is 26.1. The predicted molar refractivity (Wildman–Crippen MR) is 114 cm³/mol. The van der Waals surface area contributed by atoms with Crippen molar-refractivity contribution in [1.29, 1.82) is 0 Å². The van der Waals surface area contributed by atoms with Crippen LogP contribution in [-0.4, -0.2) is 14.5 Å². The molecule has 0 aliphatic rings. The Hall–Kier alpha value is -3.37. The van der Waals surface area contributed by atoms with Gasteiger partial charge in [0.25, 0.3) is 0 Å². The first kappa shape index (κ1) is 16.8. The van der Waals surface area contributed by atoms with Gasteiger partial charge in [0, 0.05) is 15.9 Å². The van der Waals surface area contributed by atoms with Crippen molar-refractivity contribution in [2.75, 3.05) is 0 Å². The van der Waals surface area contributed by atoms with E-state index in [4.69, 9.17) is 16.6 Å². The van der Waals surface area contributed by atoms with Crippen LogP contribution in [0.2, 0.25) is 5.02 Å². The maximum absolute atomic E-state index is 6.13. The molecule has 0 fully saturated rings. The second-order valence-corrected chi connectivity index (χ2v) is 7.10. The lowest BCUT2D eigenvalue weighted by Gasteiger charge is -2.08. The second-order valence-electron chi connectivity index (χ2n) is 6.67. The monoisotopic (exact) mass is 384 g/mol. The van der Waals surface area contributed by atoms with E-state index in [0.29, 0.717) is 10.5 Å². The number of aromatic nitrogens is 3. The van der Waals surface area contributed by atoms with Gasteiger partial charge in [-0.15, -0.1) is 0 Å². The molecule has 0 radical (unpaired) electrons. The normalized spacial score (nSPS) is 12.1. The van der Waals surface area contributed by atoms with Crippen LogP contribution < -0.4 is 5.49 Å². The average Bonchev–Trinajstić information content (AvgIpc) is 3.11. The van der Waals surface area contributed by atoms with E-state index in [1.54, 1.807) is 0 Å². The lowest BCUT2D eigenvalue weighted by atomic mass is 10.2. The van der Waals surface area contributed by atoms with Crippen LogP contribution >= 0.6 is 11.6 Å². The first-order chi connectivity index (χ1) is 13.8. The molecule has 0 aliphatic heterocycles. The number of aromatic amines is 1. The van der Waals surface area contributed by atoms with Crippen molar-refractivity contribution < 1.29 is 0 Å². The number of benzene rings is 3. The van der Waals surface area contributed by atoms with E-state index in [0.717, 1.165) is 34.2 Å². The smallest absolute Gasteiger partial charge is 0.165 e. The summed E-state index contributed by atoms with van der Waals surface area (Å²) in [4.78, 5) is 13.0. The van der Waals surface area contributed by atoms with Crippen molar-refractivity contribution >= 4 is 39.2 Å². The maximum atomic E-state index is 6.13. The van der Waals surface area contributed by atoms with Gasteiger partial charge in [0.1, 0.15) is 5.65 Å². The molecule has 136 valence electrons. The molecule has 0 spiro atoms. The minimum atomic E-state index is 0.659. The minimum absolute atomic E-state index is 0.659. The van der Waals surface area contributed by atoms with Crippen LogP contribution in [-0.2, 0) is 6.54 Å². The largest absolute Gasteiger partial charge is 0.340 e. The van der Waals surface area contributed by atoms with Crippen molar-refractivity contribution in [3.8, 4) is 0 Å². The van der Waals surface area contributed by atoms with E-state index in [9.17, 15) is 0 Å². The Bertz CT molecular complexity index is 1350. The summed E-state index contributed by atoms with van der Waals surface area (Å²) in [7, 11) is 0. The number of hydrogen-bond donors (Lipinski definition) is 1. The summed E-state index contributed by atoms with van der Waals surface area (Å²) in [5.74, 6) is 0. The quantitative estimate of drug-likeness (QED) is 0.441. The molecular formula is C23H17ClN4. The molecule has 3 aromatic carbocycles. The van der Waals surface area contributed by atoms with Crippen molar-refractivity contribution in [3.05, 3.63) is 101 Å². The summed E-state index contributed by atoms with van der Waals surface area (Å²) < 4.78 is 2.13. The van der Waals surface area contributed by atoms with E-state index in [2.05, 4.69) is 50.9 Å². The first-order valence-corrected chi connectivity index (χ1v) is 9.46. The third-order valence-corrected chi connectivity index (χ3v) is 4.99. The molecule has 0 saturated heterocycles. The zero-order valence-electron chi connectivity index (χ0n) is 15.0. The van der Waals surface area contributed by atoms with E-state index < -0.39 is 0 Å². The topological polar surface area (TPSA) is 46.0 Å². The van der Waals surface area contributed by atoms with E-state index in [-0.39, 0.29) is 0 Å². The molecule has 0 saturated carbocycles. The highest BCUT2D eigenvalue weighted by molar-refractivity contribution is 6.30. The van der Waals surface area contributed by atoms with Gasteiger partial charge in [-0.05, 0) is 29.8 Å². The van der Waals surface area contributed by atoms with Gasteiger partial charge in [-0.2, -0.15) is 0 Å². The fourth-order valence-electron chi connectivity index (χ4n) is 3.47. The molecule has 0 atom stereocenters. The Morgan fingerprint density at radius 2 is 1.75 bits per heavy atom. The molecule has 0 aliphatic carbocycles. The van der Waals surface area contributed by atoms with Gasteiger partial charge in [-0.3, -0.25) is 0 Å². The lowest BCUT2D eigenvalue weighted by molar-refractivity contribution is 0.787. The van der Waals surface area contributed by atoms with Gasteiger partial charge >= 0.3 is 0 Å². The van der Waals surface area contributed by atoms with Gasteiger partial charge < -0.3 is 9.55 Å². The van der Waals surface area contributed by atoms with Crippen LogP contribution in [0.25, 0.3) is 21.9 Å². The van der Waals surface area contributed by atoms with Gasteiger partial charge in [0.2, 0.25) is 0 Å². The molecule has 5 heteroatoms. The summed E-state index contributed by atoms with van der Waals surface area (Å²) in [6.07, 6.45) is 1.84. The molecule has 4 nitrogen and oxygen atoms in total. The molecule has 0 unspecified atom stereocenters. The summed E-state index contributed by atoms with van der Waals surface area (Å²) in [5.41, 5.74) is 4.75. The molecule has 28 heavy (non-hydrogen) atoms. The highest BCUT2D eigenvalue weighted by atomic mass is 35.5. The molecular weight excluding hydrogens is 368 g/mol. The Morgan fingerprint density at radius 3 is 2.61 bits per heavy atom. The Balaban J connectivity index is 1.77. The zero-order chi connectivity index (χ0) is 18.9. The number of fused-ring (bicyclic) bond motifs is 3. The number of nitrogens with one attached hydrogen (secondary N) is 1. The van der Waals surface area contributed by atoms with Crippen LogP contribution in [0.1, 0.15) is 5.56 Å². The third-order valence-electron chi connectivity index (χ3n) is 4.76. The molecule has 5 aromatic rings. The highest BCUT2D eigenvalue weighted by Gasteiger charge is 2.11. The van der Waals surface area contributed by atoms with Crippen molar-refractivity contribution in [2.45, 2.75) is 6.54 Å². The summed E-state index contributed by atoms with van der Waals surface area (Å²) in [5, 5.41) is 2.77. The number of H-pyrrole nitrogens is 1. The van der Waals surface area contributed by atoms with Crippen molar-refractivity contribution in [2.24, 2.45) is 4.99 Å². The van der Waals surface area contributed by atoms with Gasteiger partial charge in [0.05, 0.1) is 23.9 Å². The SMILES string of the molecule is Clc1cccc(N=c2ncn(Cc3ccccc3)c3[nH]c4ccccc4c23)c1. The fraction of sp³-hybridized carbons (Fsp3) is 0.0435. The maximum Gasteiger partial charge on any atom is 0.165 e. The molecule has 1 N–H and O–H groups in total. The van der Waals surface area contributed by atoms with E-state index >= 15 is 0 Å². The van der Waals surface area contributed by atoms with Crippen LogP contribution in [0.3, 0.4) is 0 Å². The van der Waals surface area contributed by atoms with Crippen molar-refractivity contribution in [3.63, 3.8) is 0 Å².